The molecule has 1 aliphatic rings. The molecule has 0 saturated carbocycles. The highest BCUT2D eigenvalue weighted by Gasteiger charge is 2.49. The molecule has 2 rings (SSSR count). The zero-order chi connectivity index (χ0) is 15.0. The number of rotatable bonds is 2. The maximum atomic E-state index is 8.91. The van der Waals surface area contributed by atoms with Gasteiger partial charge in [-0.2, -0.15) is 5.26 Å². The van der Waals surface area contributed by atoms with Crippen molar-refractivity contribution in [3.8, 4) is 6.07 Å². The lowest BCUT2D eigenvalue weighted by molar-refractivity contribution is 0.00578. The second-order valence-electron chi connectivity index (χ2n) is 5.70. The van der Waals surface area contributed by atoms with Gasteiger partial charge in [-0.25, -0.2) is 4.98 Å². The molecule has 0 aromatic carbocycles. The molecule has 0 unspecified atom stereocenters. The summed E-state index contributed by atoms with van der Waals surface area (Å²) in [5.41, 5.74) is 0.402. The van der Waals surface area contributed by atoms with E-state index >= 15 is 0 Å². The Bertz CT molecular complexity index is 577. The SMILES string of the molecule is CC1(C)OB(/C=C/c2cnc(Cl)c(C#N)c2)OC1(C)C. The minimum atomic E-state index is -0.416. The van der Waals surface area contributed by atoms with Gasteiger partial charge in [0.2, 0.25) is 0 Å². The van der Waals surface area contributed by atoms with E-state index in [-0.39, 0.29) is 16.4 Å². The van der Waals surface area contributed by atoms with Crippen LogP contribution in [0.15, 0.2) is 18.2 Å². The fourth-order valence-electron chi connectivity index (χ4n) is 1.79. The third-order valence-electron chi connectivity index (χ3n) is 3.70. The first-order valence-electron chi connectivity index (χ1n) is 6.35. The predicted molar refractivity (Wildman–Crippen MR) is 79.1 cm³/mol. The van der Waals surface area contributed by atoms with E-state index in [2.05, 4.69) is 4.98 Å². The summed E-state index contributed by atoms with van der Waals surface area (Å²) in [4.78, 5) is 3.96. The molecule has 1 aromatic rings. The number of hydrogen-bond acceptors (Lipinski definition) is 4. The Balaban J connectivity index is 2.14. The molecule has 1 fully saturated rings. The summed E-state index contributed by atoms with van der Waals surface area (Å²) in [5, 5.41) is 9.12. The van der Waals surface area contributed by atoms with Crippen LogP contribution in [0.1, 0.15) is 38.8 Å². The first-order valence-corrected chi connectivity index (χ1v) is 6.72. The predicted octanol–water partition coefficient (Wildman–Crippen LogP) is 3.25. The Morgan fingerprint density at radius 2 is 1.90 bits per heavy atom. The van der Waals surface area contributed by atoms with Gasteiger partial charge in [0.05, 0.1) is 16.8 Å². The summed E-state index contributed by atoms with van der Waals surface area (Å²) in [7, 11) is -0.416. The van der Waals surface area contributed by atoms with Crippen molar-refractivity contribution in [3.63, 3.8) is 0 Å². The normalized spacial score (nSPS) is 20.3. The van der Waals surface area contributed by atoms with Crippen LogP contribution in [0.25, 0.3) is 6.08 Å². The Hall–Kier alpha value is -1.35. The van der Waals surface area contributed by atoms with Crippen molar-refractivity contribution in [2.75, 3.05) is 0 Å². The highest BCUT2D eigenvalue weighted by Crippen LogP contribution is 2.37. The standard InChI is InChI=1S/C14H16BClN2O2/c1-13(2)14(3,4)20-15(19-13)6-5-10-7-11(8-17)12(16)18-9-10/h5-7,9H,1-4H3/b6-5+. The largest absolute Gasteiger partial charge is 0.487 e. The van der Waals surface area contributed by atoms with Crippen LogP contribution in [0.2, 0.25) is 5.15 Å². The fourth-order valence-corrected chi connectivity index (χ4v) is 1.94. The zero-order valence-electron chi connectivity index (χ0n) is 12.0. The van der Waals surface area contributed by atoms with Gasteiger partial charge in [-0.05, 0) is 39.3 Å². The van der Waals surface area contributed by atoms with Gasteiger partial charge in [0.1, 0.15) is 11.2 Å². The van der Waals surface area contributed by atoms with E-state index in [1.165, 1.54) is 0 Å². The van der Waals surface area contributed by atoms with Crippen molar-refractivity contribution in [2.24, 2.45) is 0 Å². The maximum Gasteiger partial charge on any atom is 0.487 e. The minimum Gasteiger partial charge on any atom is -0.400 e. The van der Waals surface area contributed by atoms with E-state index in [1.54, 1.807) is 12.3 Å². The summed E-state index contributed by atoms with van der Waals surface area (Å²) < 4.78 is 11.7. The van der Waals surface area contributed by atoms with Gasteiger partial charge in [0.25, 0.3) is 0 Å². The average Bonchev–Trinajstić information content (AvgIpc) is 2.57. The van der Waals surface area contributed by atoms with Crippen LogP contribution in [-0.4, -0.2) is 23.3 Å². The van der Waals surface area contributed by atoms with Crippen LogP contribution in [0.3, 0.4) is 0 Å². The fraction of sp³-hybridized carbons (Fsp3) is 0.429. The molecule has 4 nitrogen and oxygen atoms in total. The van der Waals surface area contributed by atoms with Gasteiger partial charge in [-0.15, -0.1) is 0 Å². The van der Waals surface area contributed by atoms with Crippen LogP contribution >= 0.6 is 11.6 Å². The molecule has 1 aliphatic heterocycles. The van der Waals surface area contributed by atoms with Gasteiger partial charge in [-0.1, -0.05) is 23.7 Å². The number of pyridine rings is 1. The lowest BCUT2D eigenvalue weighted by atomic mass is 9.89. The molecular formula is C14H16BClN2O2. The third-order valence-corrected chi connectivity index (χ3v) is 4.00. The molecular weight excluding hydrogens is 274 g/mol. The monoisotopic (exact) mass is 290 g/mol. The van der Waals surface area contributed by atoms with Crippen LogP contribution < -0.4 is 0 Å². The topological polar surface area (TPSA) is 55.1 Å². The average molecular weight is 291 g/mol. The molecule has 1 saturated heterocycles. The summed E-state index contributed by atoms with van der Waals surface area (Å²) >= 11 is 5.79. The van der Waals surface area contributed by atoms with Gasteiger partial charge in [0.15, 0.2) is 0 Å². The molecule has 104 valence electrons. The highest BCUT2D eigenvalue weighted by atomic mass is 35.5. The molecule has 2 heterocycles. The van der Waals surface area contributed by atoms with Gasteiger partial charge in [-0.3, -0.25) is 0 Å². The second-order valence-corrected chi connectivity index (χ2v) is 6.06. The van der Waals surface area contributed by atoms with Crippen molar-refractivity contribution < 1.29 is 9.31 Å². The Morgan fingerprint density at radius 3 is 2.45 bits per heavy atom. The molecule has 0 atom stereocenters. The third kappa shape index (κ3) is 2.88. The lowest BCUT2D eigenvalue weighted by Gasteiger charge is -2.32. The molecule has 0 amide bonds. The summed E-state index contributed by atoms with van der Waals surface area (Å²) in [6, 6.07) is 3.68. The van der Waals surface area contributed by atoms with E-state index in [9.17, 15) is 0 Å². The van der Waals surface area contributed by atoms with E-state index in [1.807, 2.05) is 45.8 Å². The maximum absolute atomic E-state index is 8.91. The highest BCUT2D eigenvalue weighted by molar-refractivity contribution is 6.52. The minimum absolute atomic E-state index is 0.209. The quantitative estimate of drug-likeness (QED) is 0.620. The van der Waals surface area contributed by atoms with Crippen LogP contribution in [0.5, 0.6) is 0 Å². The second kappa shape index (κ2) is 5.21. The van der Waals surface area contributed by atoms with Crippen molar-refractivity contribution in [1.29, 1.82) is 5.26 Å². The zero-order valence-corrected chi connectivity index (χ0v) is 12.7. The van der Waals surface area contributed by atoms with Crippen molar-refractivity contribution >= 4 is 24.8 Å². The molecule has 0 bridgehead atoms. The number of nitriles is 1. The number of nitrogens with zero attached hydrogens (tertiary/aromatic N) is 2. The van der Waals surface area contributed by atoms with Gasteiger partial charge in [0, 0.05) is 6.20 Å². The summed E-state index contributed by atoms with van der Waals surface area (Å²) in [5.74, 6) is 1.81. The first kappa shape index (κ1) is 15.1. The number of halogens is 1. The van der Waals surface area contributed by atoms with Crippen LogP contribution in [0.4, 0.5) is 0 Å². The van der Waals surface area contributed by atoms with Gasteiger partial charge < -0.3 is 9.31 Å². The molecule has 0 N–H and O–H groups in total. The van der Waals surface area contributed by atoms with Crippen molar-refractivity contribution in [2.45, 2.75) is 38.9 Å². The molecule has 20 heavy (non-hydrogen) atoms. The Morgan fingerprint density at radius 1 is 1.30 bits per heavy atom. The summed E-state index contributed by atoms with van der Waals surface area (Å²) in [6.07, 6.45) is 3.41. The van der Waals surface area contributed by atoms with Crippen molar-refractivity contribution in [3.05, 3.63) is 34.5 Å². The molecule has 6 heteroatoms. The first-order chi connectivity index (χ1) is 9.25. The molecule has 0 aliphatic carbocycles. The smallest absolute Gasteiger partial charge is 0.400 e. The van der Waals surface area contributed by atoms with Gasteiger partial charge >= 0.3 is 7.12 Å². The molecule has 0 radical (unpaired) electrons. The van der Waals surface area contributed by atoms with E-state index in [0.29, 0.717) is 5.56 Å². The molecule has 0 spiro atoms. The van der Waals surface area contributed by atoms with E-state index in [0.717, 1.165) is 5.56 Å². The Labute approximate surface area is 124 Å². The van der Waals surface area contributed by atoms with Crippen LogP contribution in [0, 0.1) is 11.3 Å². The number of aromatic nitrogens is 1. The Kier molecular flexibility index (Phi) is 3.92. The summed E-state index contributed by atoms with van der Waals surface area (Å²) in [6.45, 7) is 7.99. The lowest BCUT2D eigenvalue weighted by Crippen LogP contribution is -2.41. The molecule has 1 aromatic heterocycles. The van der Waals surface area contributed by atoms with E-state index in [4.69, 9.17) is 26.2 Å². The van der Waals surface area contributed by atoms with Crippen molar-refractivity contribution in [1.82, 2.24) is 4.98 Å². The van der Waals surface area contributed by atoms with Crippen LogP contribution in [-0.2, 0) is 9.31 Å². The number of hydrogen-bond donors (Lipinski definition) is 0. The van der Waals surface area contributed by atoms with E-state index < -0.39 is 7.12 Å².